The summed E-state index contributed by atoms with van der Waals surface area (Å²) in [5.41, 5.74) is 2.35. The molecule has 1 fully saturated rings. The number of hydrogen-bond acceptors (Lipinski definition) is 7. The van der Waals surface area contributed by atoms with Crippen LogP contribution in [-0.2, 0) is 25.5 Å². The standard InChI is InChI=1S/C22H19NO6/c1-14-18(23-21(27-14)15-5-3-2-4-6-15)11-12-26-17-9-7-16(8-10-17)22-28-19(24)13-20(25)29-22/h2-10,22H,11-13H2,1H3. The summed E-state index contributed by atoms with van der Waals surface area (Å²) < 4.78 is 21.6. The van der Waals surface area contributed by atoms with E-state index in [2.05, 4.69) is 4.98 Å². The second-order valence-corrected chi connectivity index (χ2v) is 6.54. The largest absolute Gasteiger partial charge is 0.493 e. The molecule has 7 heteroatoms. The van der Waals surface area contributed by atoms with Gasteiger partial charge in [0.1, 0.15) is 17.9 Å². The quantitative estimate of drug-likeness (QED) is 0.465. The van der Waals surface area contributed by atoms with Crippen LogP contribution in [0.5, 0.6) is 5.75 Å². The lowest BCUT2D eigenvalue weighted by Crippen LogP contribution is -2.26. The van der Waals surface area contributed by atoms with Gasteiger partial charge in [-0.25, -0.2) is 4.98 Å². The molecule has 0 N–H and O–H groups in total. The number of oxazole rings is 1. The maximum absolute atomic E-state index is 11.4. The number of aromatic nitrogens is 1. The predicted octanol–water partition coefficient (Wildman–Crippen LogP) is 3.76. The van der Waals surface area contributed by atoms with Gasteiger partial charge in [0.2, 0.25) is 5.89 Å². The number of ether oxygens (including phenoxy) is 3. The monoisotopic (exact) mass is 393 g/mol. The van der Waals surface area contributed by atoms with Crippen LogP contribution < -0.4 is 4.74 Å². The van der Waals surface area contributed by atoms with E-state index in [1.807, 2.05) is 37.3 Å². The topological polar surface area (TPSA) is 87.9 Å². The van der Waals surface area contributed by atoms with Crippen LogP contribution in [-0.4, -0.2) is 23.5 Å². The van der Waals surface area contributed by atoms with Crippen LogP contribution in [0.3, 0.4) is 0 Å². The molecule has 0 atom stereocenters. The number of aryl methyl sites for hydroxylation is 1. The van der Waals surface area contributed by atoms with E-state index in [-0.39, 0.29) is 6.42 Å². The zero-order valence-electron chi connectivity index (χ0n) is 15.8. The first-order valence-electron chi connectivity index (χ1n) is 9.22. The minimum Gasteiger partial charge on any atom is -0.493 e. The lowest BCUT2D eigenvalue weighted by molar-refractivity contribution is -0.204. The van der Waals surface area contributed by atoms with E-state index in [4.69, 9.17) is 18.6 Å². The van der Waals surface area contributed by atoms with E-state index in [0.29, 0.717) is 30.2 Å². The Bertz CT molecular complexity index is 994. The van der Waals surface area contributed by atoms with E-state index < -0.39 is 18.2 Å². The number of benzene rings is 2. The molecule has 0 spiro atoms. The van der Waals surface area contributed by atoms with Crippen molar-refractivity contribution in [3.8, 4) is 17.2 Å². The highest BCUT2D eigenvalue weighted by Crippen LogP contribution is 2.26. The van der Waals surface area contributed by atoms with Gasteiger partial charge < -0.3 is 18.6 Å². The normalized spacial score (nSPS) is 14.4. The van der Waals surface area contributed by atoms with Crippen molar-refractivity contribution in [2.24, 2.45) is 0 Å². The van der Waals surface area contributed by atoms with E-state index in [0.717, 1.165) is 17.0 Å². The Morgan fingerprint density at radius 1 is 1.00 bits per heavy atom. The first kappa shape index (κ1) is 18.7. The molecule has 0 radical (unpaired) electrons. The molecule has 1 saturated heterocycles. The number of nitrogens with zero attached hydrogens (tertiary/aromatic N) is 1. The van der Waals surface area contributed by atoms with Crippen LogP contribution in [0.4, 0.5) is 0 Å². The number of esters is 2. The van der Waals surface area contributed by atoms with Gasteiger partial charge in [0.25, 0.3) is 6.29 Å². The van der Waals surface area contributed by atoms with Crippen LogP contribution in [0, 0.1) is 6.92 Å². The third kappa shape index (κ3) is 4.45. The minimum absolute atomic E-state index is 0.356. The summed E-state index contributed by atoms with van der Waals surface area (Å²) in [5, 5.41) is 0. The highest BCUT2D eigenvalue weighted by atomic mass is 16.7. The fourth-order valence-corrected chi connectivity index (χ4v) is 2.95. The summed E-state index contributed by atoms with van der Waals surface area (Å²) in [6.07, 6.45) is -0.764. The Kier molecular flexibility index (Phi) is 5.29. The molecule has 0 bridgehead atoms. The second-order valence-electron chi connectivity index (χ2n) is 6.54. The van der Waals surface area contributed by atoms with Crippen LogP contribution in [0.2, 0.25) is 0 Å². The Balaban J connectivity index is 1.34. The molecule has 2 heterocycles. The Labute approximate surface area is 167 Å². The minimum atomic E-state index is -1.01. The Morgan fingerprint density at radius 2 is 1.69 bits per heavy atom. The van der Waals surface area contributed by atoms with Gasteiger partial charge in [0.15, 0.2) is 0 Å². The van der Waals surface area contributed by atoms with Gasteiger partial charge in [-0.3, -0.25) is 9.59 Å². The summed E-state index contributed by atoms with van der Waals surface area (Å²) in [4.78, 5) is 27.3. The number of carbonyl (C=O) groups is 2. The molecule has 1 aliphatic heterocycles. The average Bonchev–Trinajstić information content (AvgIpc) is 3.09. The summed E-state index contributed by atoms with van der Waals surface area (Å²) in [7, 11) is 0. The summed E-state index contributed by atoms with van der Waals surface area (Å²) in [6, 6.07) is 16.6. The van der Waals surface area contributed by atoms with Gasteiger partial charge >= 0.3 is 11.9 Å². The fraction of sp³-hybridized carbons (Fsp3) is 0.227. The highest BCUT2D eigenvalue weighted by Gasteiger charge is 2.29. The molecular formula is C22H19NO6. The van der Waals surface area contributed by atoms with Gasteiger partial charge in [-0.15, -0.1) is 0 Å². The first-order chi connectivity index (χ1) is 14.1. The van der Waals surface area contributed by atoms with Crippen LogP contribution in [0.15, 0.2) is 59.0 Å². The van der Waals surface area contributed by atoms with E-state index in [1.165, 1.54) is 0 Å². The van der Waals surface area contributed by atoms with Crippen LogP contribution in [0.1, 0.15) is 29.7 Å². The molecule has 7 nitrogen and oxygen atoms in total. The van der Waals surface area contributed by atoms with E-state index in [1.54, 1.807) is 24.3 Å². The Morgan fingerprint density at radius 3 is 2.38 bits per heavy atom. The molecule has 1 aliphatic rings. The van der Waals surface area contributed by atoms with Crippen molar-refractivity contribution < 1.29 is 28.2 Å². The van der Waals surface area contributed by atoms with Crippen molar-refractivity contribution in [3.63, 3.8) is 0 Å². The van der Waals surface area contributed by atoms with Gasteiger partial charge in [0, 0.05) is 17.5 Å². The van der Waals surface area contributed by atoms with Gasteiger partial charge in [-0.2, -0.15) is 0 Å². The van der Waals surface area contributed by atoms with Crippen molar-refractivity contribution in [3.05, 3.63) is 71.6 Å². The van der Waals surface area contributed by atoms with Crippen LogP contribution in [0.25, 0.3) is 11.5 Å². The average molecular weight is 393 g/mol. The number of carbonyl (C=O) groups excluding carboxylic acids is 2. The van der Waals surface area contributed by atoms with Crippen molar-refractivity contribution in [1.29, 1.82) is 0 Å². The van der Waals surface area contributed by atoms with Gasteiger partial charge in [-0.1, -0.05) is 18.2 Å². The van der Waals surface area contributed by atoms with Crippen molar-refractivity contribution in [1.82, 2.24) is 4.98 Å². The molecule has 0 aliphatic carbocycles. The first-order valence-corrected chi connectivity index (χ1v) is 9.22. The summed E-state index contributed by atoms with van der Waals surface area (Å²) in [6.45, 7) is 2.31. The fourth-order valence-electron chi connectivity index (χ4n) is 2.95. The SMILES string of the molecule is Cc1oc(-c2ccccc2)nc1CCOc1ccc(C2OC(=O)CC(=O)O2)cc1. The molecule has 1 aromatic heterocycles. The molecule has 0 unspecified atom stereocenters. The lowest BCUT2D eigenvalue weighted by Gasteiger charge is -2.22. The Hall–Kier alpha value is -3.61. The maximum Gasteiger partial charge on any atom is 0.320 e. The third-order valence-corrected chi connectivity index (χ3v) is 4.44. The predicted molar refractivity (Wildman–Crippen MR) is 102 cm³/mol. The number of cyclic esters (lactones) is 2. The second kappa shape index (κ2) is 8.18. The highest BCUT2D eigenvalue weighted by molar-refractivity contribution is 5.92. The third-order valence-electron chi connectivity index (χ3n) is 4.44. The molecule has 29 heavy (non-hydrogen) atoms. The van der Waals surface area contributed by atoms with Crippen molar-refractivity contribution in [2.45, 2.75) is 26.1 Å². The smallest absolute Gasteiger partial charge is 0.320 e. The van der Waals surface area contributed by atoms with Crippen LogP contribution >= 0.6 is 0 Å². The molecule has 0 saturated carbocycles. The zero-order valence-corrected chi connectivity index (χ0v) is 15.8. The van der Waals surface area contributed by atoms with Crippen molar-refractivity contribution in [2.75, 3.05) is 6.61 Å². The number of hydrogen-bond donors (Lipinski definition) is 0. The van der Waals surface area contributed by atoms with Gasteiger partial charge in [0.05, 0.1) is 12.3 Å². The molecule has 2 aromatic carbocycles. The molecule has 3 aromatic rings. The summed E-state index contributed by atoms with van der Waals surface area (Å²) >= 11 is 0. The molecule has 4 rings (SSSR count). The summed E-state index contributed by atoms with van der Waals surface area (Å²) in [5.74, 6) is 0.822. The van der Waals surface area contributed by atoms with Crippen molar-refractivity contribution >= 4 is 11.9 Å². The number of rotatable bonds is 6. The lowest BCUT2D eigenvalue weighted by atomic mass is 10.2. The van der Waals surface area contributed by atoms with Gasteiger partial charge in [-0.05, 0) is 43.3 Å². The molecule has 148 valence electrons. The zero-order chi connectivity index (χ0) is 20.2. The van der Waals surface area contributed by atoms with E-state index in [9.17, 15) is 9.59 Å². The maximum atomic E-state index is 11.4. The van der Waals surface area contributed by atoms with E-state index >= 15 is 0 Å². The molecular weight excluding hydrogens is 374 g/mol. The molecule has 0 amide bonds.